The average molecular weight is 848 g/mol. The largest absolute Gasteiger partial charge is 0.489 e. The highest BCUT2D eigenvalue weighted by molar-refractivity contribution is 7.89. The highest BCUT2D eigenvalue weighted by atomic mass is 35.5. The summed E-state index contributed by atoms with van der Waals surface area (Å²) in [6.07, 6.45) is 0.850. The molecule has 1 N–H and O–H groups in total. The number of ether oxygens (including phenoxy) is 2. The predicted molar refractivity (Wildman–Crippen MR) is 212 cm³/mol. The van der Waals surface area contributed by atoms with Crippen LogP contribution >= 0.6 is 11.6 Å². The standard InChI is InChI=1S/C39H49ClF3N9O5S/c1-37(2)35(38(3,4)36(37)57-30-7-6-27(22-44)31(40)21-30)48-34(53)32-25-47-33(26-46-32)51-10-8-49(9-11-51)16-18-56-17-5-19-58(54,55)52-14-12-50(13-15-52)29-20-28(23-45-24-29)39(41,42)43/h6-7,20-21,23-26,35-36H,5,8-19H2,1-4H3,(H,48,53). The number of anilines is 2. The van der Waals surface area contributed by atoms with Crippen LogP contribution in [0, 0.1) is 22.2 Å². The lowest BCUT2D eigenvalue weighted by Gasteiger charge is -2.63. The molecule has 3 aromatic rings. The summed E-state index contributed by atoms with van der Waals surface area (Å²) < 4.78 is 78.6. The SMILES string of the molecule is CC1(C)C(NC(=O)c2cnc(N3CCN(CCOCCCS(=O)(=O)N4CCN(c5cncc(C(F)(F)F)c5)CC4)CC3)cn2)C(C)(C)C1Oc1ccc(C#N)c(Cl)c1. The molecule has 1 amide bonds. The molecule has 2 aliphatic heterocycles. The average Bonchev–Trinajstić information content (AvgIpc) is 3.20. The number of sulfonamides is 1. The first-order valence-corrected chi connectivity index (χ1v) is 21.2. The van der Waals surface area contributed by atoms with E-state index >= 15 is 0 Å². The number of piperazine rings is 2. The zero-order valence-electron chi connectivity index (χ0n) is 33.0. The number of hydrogen-bond acceptors (Lipinski definition) is 12. The number of nitriles is 1. The molecule has 19 heteroatoms. The van der Waals surface area contributed by atoms with Gasteiger partial charge < -0.3 is 24.6 Å². The van der Waals surface area contributed by atoms with E-state index in [1.165, 1.54) is 16.7 Å². The lowest BCUT2D eigenvalue weighted by Crippen LogP contribution is -2.74. The van der Waals surface area contributed by atoms with Crippen molar-refractivity contribution in [3.63, 3.8) is 0 Å². The first-order valence-electron chi connectivity index (χ1n) is 19.2. The number of benzene rings is 1. The van der Waals surface area contributed by atoms with Gasteiger partial charge in [-0.2, -0.15) is 22.7 Å². The van der Waals surface area contributed by atoms with Gasteiger partial charge >= 0.3 is 6.18 Å². The summed E-state index contributed by atoms with van der Waals surface area (Å²) in [4.78, 5) is 32.1. The molecule has 58 heavy (non-hydrogen) atoms. The maximum absolute atomic E-state index is 13.3. The minimum atomic E-state index is -4.50. The van der Waals surface area contributed by atoms with E-state index in [1.54, 1.807) is 29.3 Å². The second kappa shape index (κ2) is 17.5. The van der Waals surface area contributed by atoms with Crippen molar-refractivity contribution in [3.8, 4) is 11.8 Å². The third-order valence-electron chi connectivity index (χ3n) is 11.3. The number of hydrogen-bond donors (Lipinski definition) is 1. The Morgan fingerprint density at radius 3 is 2.26 bits per heavy atom. The Morgan fingerprint density at radius 1 is 0.948 bits per heavy atom. The van der Waals surface area contributed by atoms with Gasteiger partial charge in [-0.3, -0.25) is 14.7 Å². The molecule has 0 bridgehead atoms. The second-order valence-corrected chi connectivity index (χ2v) is 18.5. The molecule has 2 aromatic heterocycles. The molecule has 0 radical (unpaired) electrons. The Bertz CT molecular complexity index is 2050. The van der Waals surface area contributed by atoms with Gasteiger partial charge in [-0.25, -0.2) is 18.4 Å². The van der Waals surface area contributed by atoms with Crippen molar-refractivity contribution in [1.82, 2.24) is 29.5 Å². The van der Waals surface area contributed by atoms with Gasteiger partial charge in [0.1, 0.15) is 29.4 Å². The molecule has 2 saturated heterocycles. The first-order chi connectivity index (χ1) is 27.4. The van der Waals surface area contributed by atoms with E-state index in [1.807, 2.05) is 33.8 Å². The van der Waals surface area contributed by atoms with Gasteiger partial charge in [0.25, 0.3) is 5.91 Å². The molecule has 14 nitrogen and oxygen atoms in total. The van der Waals surface area contributed by atoms with Crippen LogP contribution in [0.25, 0.3) is 0 Å². The number of amides is 1. The van der Waals surface area contributed by atoms with Crippen molar-refractivity contribution >= 4 is 39.0 Å². The summed E-state index contributed by atoms with van der Waals surface area (Å²) in [6, 6.07) is 7.86. The van der Waals surface area contributed by atoms with Crippen LogP contribution in [0.15, 0.2) is 49.1 Å². The molecule has 6 rings (SSSR count). The summed E-state index contributed by atoms with van der Waals surface area (Å²) in [5.74, 6) is 0.855. The molecule has 0 spiro atoms. The summed E-state index contributed by atoms with van der Waals surface area (Å²) in [5, 5.41) is 12.6. The summed E-state index contributed by atoms with van der Waals surface area (Å²) in [6.45, 7) is 13.5. The van der Waals surface area contributed by atoms with Gasteiger partial charge in [0, 0.05) is 94.6 Å². The van der Waals surface area contributed by atoms with Crippen LogP contribution in [0.1, 0.15) is 55.7 Å². The topological polar surface area (TPSA) is 157 Å². The summed E-state index contributed by atoms with van der Waals surface area (Å²) >= 11 is 6.22. The van der Waals surface area contributed by atoms with Gasteiger partial charge in [0.05, 0.1) is 52.8 Å². The van der Waals surface area contributed by atoms with Crippen LogP contribution in [0.5, 0.6) is 5.75 Å². The van der Waals surface area contributed by atoms with E-state index in [0.29, 0.717) is 67.1 Å². The van der Waals surface area contributed by atoms with Crippen molar-refractivity contribution in [3.05, 3.63) is 70.9 Å². The Kier molecular flexibility index (Phi) is 13.1. The fraction of sp³-hybridized carbons (Fsp3) is 0.564. The van der Waals surface area contributed by atoms with Crippen LogP contribution in [-0.2, 0) is 20.9 Å². The number of alkyl halides is 3. The quantitative estimate of drug-likeness (QED) is 0.224. The molecular formula is C39H49ClF3N9O5S. The van der Waals surface area contributed by atoms with Crippen LogP contribution in [0.4, 0.5) is 24.7 Å². The van der Waals surface area contributed by atoms with Crippen LogP contribution < -0.4 is 19.9 Å². The second-order valence-electron chi connectivity index (χ2n) is 16.0. The van der Waals surface area contributed by atoms with E-state index in [4.69, 9.17) is 21.1 Å². The first kappa shape index (κ1) is 43.3. The molecule has 1 saturated carbocycles. The van der Waals surface area contributed by atoms with Crippen molar-refractivity contribution in [2.24, 2.45) is 10.8 Å². The Morgan fingerprint density at radius 2 is 1.64 bits per heavy atom. The molecular weight excluding hydrogens is 799 g/mol. The number of carbonyl (C=O) groups is 1. The fourth-order valence-corrected chi connectivity index (χ4v) is 10.0. The van der Waals surface area contributed by atoms with Crippen molar-refractivity contribution < 1.29 is 35.9 Å². The van der Waals surface area contributed by atoms with Gasteiger partial charge in [-0.1, -0.05) is 39.3 Å². The van der Waals surface area contributed by atoms with Gasteiger partial charge in [0.15, 0.2) is 0 Å². The van der Waals surface area contributed by atoms with Crippen molar-refractivity contribution in [1.29, 1.82) is 5.26 Å². The monoisotopic (exact) mass is 847 g/mol. The van der Waals surface area contributed by atoms with Crippen LogP contribution in [-0.4, -0.2) is 128 Å². The van der Waals surface area contributed by atoms with Crippen LogP contribution in [0.2, 0.25) is 5.02 Å². The third kappa shape index (κ3) is 9.77. The zero-order valence-corrected chi connectivity index (χ0v) is 34.6. The number of halogens is 4. The molecule has 0 unspecified atom stereocenters. The smallest absolute Gasteiger partial charge is 0.417 e. The van der Waals surface area contributed by atoms with Gasteiger partial charge in [-0.05, 0) is 24.6 Å². The number of carbonyl (C=O) groups excluding carboxylic acids is 1. The molecule has 3 aliphatic rings. The molecule has 1 aliphatic carbocycles. The third-order valence-corrected chi connectivity index (χ3v) is 13.6. The Hall–Kier alpha value is -4.28. The van der Waals surface area contributed by atoms with Crippen molar-refractivity contribution in [2.75, 3.05) is 87.7 Å². The minimum Gasteiger partial charge on any atom is -0.489 e. The highest BCUT2D eigenvalue weighted by Crippen LogP contribution is 2.55. The van der Waals surface area contributed by atoms with E-state index < -0.39 is 32.6 Å². The molecule has 3 fully saturated rings. The highest BCUT2D eigenvalue weighted by Gasteiger charge is 2.64. The summed E-state index contributed by atoms with van der Waals surface area (Å²) in [7, 11) is -3.53. The number of pyridine rings is 1. The van der Waals surface area contributed by atoms with E-state index in [-0.39, 0.29) is 55.7 Å². The lowest BCUT2D eigenvalue weighted by atomic mass is 9.49. The normalized spacial score (nSPS) is 21.2. The molecule has 4 heterocycles. The van der Waals surface area contributed by atoms with Gasteiger partial charge in [0.2, 0.25) is 10.0 Å². The Balaban J connectivity index is 0.868. The predicted octanol–water partition coefficient (Wildman–Crippen LogP) is 4.71. The molecule has 1 aromatic carbocycles. The number of aromatic nitrogens is 3. The lowest BCUT2D eigenvalue weighted by molar-refractivity contribution is -0.164. The number of nitrogens with one attached hydrogen (secondary N) is 1. The molecule has 0 atom stereocenters. The summed E-state index contributed by atoms with van der Waals surface area (Å²) in [5.41, 5.74) is -0.758. The van der Waals surface area contributed by atoms with Crippen molar-refractivity contribution in [2.45, 2.75) is 52.4 Å². The maximum atomic E-state index is 13.3. The van der Waals surface area contributed by atoms with E-state index in [9.17, 15) is 31.6 Å². The van der Waals surface area contributed by atoms with Crippen LogP contribution in [0.3, 0.4) is 0 Å². The van der Waals surface area contributed by atoms with E-state index in [2.05, 4.69) is 30.1 Å². The Labute approximate surface area is 342 Å². The fourth-order valence-electron chi connectivity index (χ4n) is 8.35. The maximum Gasteiger partial charge on any atom is 0.417 e. The van der Waals surface area contributed by atoms with Gasteiger partial charge in [-0.15, -0.1) is 0 Å². The number of rotatable bonds is 14. The number of nitrogens with zero attached hydrogens (tertiary/aromatic N) is 8. The minimum absolute atomic E-state index is 0.0681. The molecule has 314 valence electrons. The van der Waals surface area contributed by atoms with E-state index in [0.717, 1.165) is 25.4 Å². The zero-order chi connectivity index (χ0) is 41.9.